The van der Waals surface area contributed by atoms with E-state index in [9.17, 15) is 0 Å². The number of hydrogen-bond donors (Lipinski definition) is 0. The highest BCUT2D eigenvalue weighted by Crippen LogP contribution is 2.51. The van der Waals surface area contributed by atoms with Crippen LogP contribution in [-0.2, 0) is 0 Å². The van der Waals surface area contributed by atoms with Gasteiger partial charge >= 0.3 is 0 Å². The summed E-state index contributed by atoms with van der Waals surface area (Å²) in [6.07, 6.45) is 0. The van der Waals surface area contributed by atoms with Gasteiger partial charge in [-0.1, -0.05) is 200 Å². The van der Waals surface area contributed by atoms with E-state index < -0.39 is 0 Å². The van der Waals surface area contributed by atoms with Crippen molar-refractivity contribution in [2.75, 3.05) is 9.80 Å². The van der Waals surface area contributed by atoms with E-state index in [4.69, 9.17) is 8.83 Å². The van der Waals surface area contributed by atoms with Gasteiger partial charge in [0.1, 0.15) is 22.3 Å². The van der Waals surface area contributed by atoms with Gasteiger partial charge in [0.05, 0.1) is 5.69 Å². The van der Waals surface area contributed by atoms with Gasteiger partial charge in [-0.25, -0.2) is 0 Å². The lowest BCUT2D eigenvalue weighted by Crippen LogP contribution is -2.61. The molecule has 0 radical (unpaired) electrons. The summed E-state index contributed by atoms with van der Waals surface area (Å²) >= 11 is 0. The zero-order chi connectivity index (χ0) is 46.6. The van der Waals surface area contributed by atoms with Gasteiger partial charge in [0, 0.05) is 72.2 Å². The molecule has 4 nitrogen and oxygen atoms in total. The molecule has 0 aliphatic carbocycles. The van der Waals surface area contributed by atoms with Crippen molar-refractivity contribution in [1.29, 1.82) is 0 Å². The Morgan fingerprint density at radius 2 is 0.718 bits per heavy atom. The minimum absolute atomic E-state index is 0.156. The molecule has 2 aliphatic heterocycles. The van der Waals surface area contributed by atoms with Crippen LogP contribution in [0.1, 0.15) is 0 Å². The second-order valence-corrected chi connectivity index (χ2v) is 18.7. The molecule has 2 aliphatic rings. The molecule has 0 unspecified atom stereocenters. The summed E-state index contributed by atoms with van der Waals surface area (Å²) in [5, 5.41) is 4.46. The summed E-state index contributed by atoms with van der Waals surface area (Å²) in [5.74, 6) is 0. The first-order valence-corrected chi connectivity index (χ1v) is 24.4. The molecule has 71 heavy (non-hydrogen) atoms. The maximum absolute atomic E-state index is 6.76. The molecule has 330 valence electrons. The zero-order valence-corrected chi connectivity index (χ0v) is 38.5. The highest BCUT2D eigenvalue weighted by molar-refractivity contribution is 7.00. The molecule has 4 heterocycles. The van der Waals surface area contributed by atoms with Crippen molar-refractivity contribution in [3.63, 3.8) is 0 Å². The highest BCUT2D eigenvalue weighted by atomic mass is 16.3. The Morgan fingerprint density at radius 3 is 1.27 bits per heavy atom. The van der Waals surface area contributed by atoms with Crippen LogP contribution in [0.25, 0.3) is 88.4 Å². The van der Waals surface area contributed by atoms with Crippen LogP contribution in [0.15, 0.2) is 258 Å². The quantitative estimate of drug-likeness (QED) is 0.156. The summed E-state index contributed by atoms with van der Waals surface area (Å²) in [7, 11) is 0. The number of hydrogen-bond acceptors (Lipinski definition) is 4. The number of para-hydroxylation sites is 6. The lowest BCUT2D eigenvalue weighted by atomic mass is 9.33. The molecule has 0 amide bonds. The van der Waals surface area contributed by atoms with Crippen molar-refractivity contribution < 1.29 is 8.83 Å². The summed E-state index contributed by atoms with van der Waals surface area (Å²) in [5.41, 5.74) is 23.0. The molecule has 2 aromatic heterocycles. The molecule has 0 fully saturated rings. The van der Waals surface area contributed by atoms with Gasteiger partial charge in [0.2, 0.25) is 0 Å². The smallest absolute Gasteiger partial charge is 0.252 e. The average molecular weight is 905 g/mol. The fraction of sp³-hybridized carbons (Fsp3) is 0. The number of furan rings is 2. The Hall–Kier alpha value is -9.32. The van der Waals surface area contributed by atoms with Gasteiger partial charge in [-0.15, -0.1) is 0 Å². The standard InChI is InChI=1S/C66H41BN2O2/c1-4-18-42(19-5-1)47-26-14-27-48(43-20-6-2-7-21-43)64(47)69-58-39-37-45(50-29-16-31-54-52-25-11-13-35-62(52)71-66(50)54)41-56(58)67-55-40-44(49-28-15-30-53-51-24-10-12-34-61(51)70-65(49)53)36-38-57(55)68(46-22-8-3-9-23-46)59-32-17-33-60(69)63(59)67/h1-41H. The molecule has 0 saturated heterocycles. The van der Waals surface area contributed by atoms with Gasteiger partial charge in [-0.05, 0) is 87.2 Å². The lowest BCUT2D eigenvalue weighted by Gasteiger charge is -2.45. The molecule has 0 spiro atoms. The molecule has 0 atom stereocenters. The van der Waals surface area contributed by atoms with Crippen LogP contribution in [0.3, 0.4) is 0 Å². The zero-order valence-electron chi connectivity index (χ0n) is 38.5. The number of fused-ring (bicyclic) bond motifs is 10. The molecular weight excluding hydrogens is 864 g/mol. The Morgan fingerprint density at radius 1 is 0.296 bits per heavy atom. The number of benzene rings is 11. The predicted molar refractivity (Wildman–Crippen MR) is 297 cm³/mol. The van der Waals surface area contributed by atoms with E-state index in [1.54, 1.807) is 0 Å². The van der Waals surface area contributed by atoms with Crippen molar-refractivity contribution in [1.82, 2.24) is 0 Å². The van der Waals surface area contributed by atoms with Gasteiger partial charge < -0.3 is 18.6 Å². The summed E-state index contributed by atoms with van der Waals surface area (Å²) in [6.45, 7) is -0.156. The molecule has 15 rings (SSSR count). The lowest BCUT2D eigenvalue weighted by molar-refractivity contribution is 0.669. The van der Waals surface area contributed by atoms with E-state index in [1.165, 1.54) is 16.4 Å². The Bertz CT molecular complexity index is 4200. The highest BCUT2D eigenvalue weighted by Gasteiger charge is 2.44. The maximum Gasteiger partial charge on any atom is 0.252 e. The first kappa shape index (κ1) is 39.7. The average Bonchev–Trinajstić information content (AvgIpc) is 4.02. The largest absolute Gasteiger partial charge is 0.455 e. The number of rotatable bonds is 6. The van der Waals surface area contributed by atoms with Crippen molar-refractivity contribution in [2.24, 2.45) is 0 Å². The number of anilines is 6. The van der Waals surface area contributed by atoms with Crippen LogP contribution in [0, 0.1) is 0 Å². The van der Waals surface area contributed by atoms with E-state index in [1.807, 2.05) is 12.1 Å². The second kappa shape index (κ2) is 15.6. The van der Waals surface area contributed by atoms with Crippen LogP contribution in [0.2, 0.25) is 0 Å². The molecular formula is C66H41BN2O2. The van der Waals surface area contributed by atoms with E-state index in [-0.39, 0.29) is 6.71 Å². The van der Waals surface area contributed by atoms with E-state index in [2.05, 4.69) is 246 Å². The van der Waals surface area contributed by atoms with Crippen LogP contribution in [0.4, 0.5) is 34.1 Å². The molecule has 0 saturated carbocycles. The Balaban J connectivity index is 1.05. The molecule has 5 heteroatoms. The Kier molecular flexibility index (Phi) is 8.72. The summed E-state index contributed by atoms with van der Waals surface area (Å²) in [4.78, 5) is 5.04. The molecule has 0 N–H and O–H groups in total. The minimum Gasteiger partial charge on any atom is -0.455 e. The summed E-state index contributed by atoms with van der Waals surface area (Å²) < 4.78 is 13.5. The molecule has 13 aromatic rings. The third-order valence-corrected chi connectivity index (χ3v) is 14.9. The molecule has 0 bridgehead atoms. The topological polar surface area (TPSA) is 32.8 Å². The first-order valence-electron chi connectivity index (χ1n) is 24.4. The minimum atomic E-state index is -0.156. The van der Waals surface area contributed by atoms with Crippen LogP contribution in [0.5, 0.6) is 0 Å². The van der Waals surface area contributed by atoms with Gasteiger partial charge in [-0.3, -0.25) is 0 Å². The maximum atomic E-state index is 6.76. The van der Waals surface area contributed by atoms with Crippen LogP contribution >= 0.6 is 0 Å². The van der Waals surface area contributed by atoms with Crippen LogP contribution in [-0.4, -0.2) is 6.71 Å². The Labute approximate surface area is 411 Å². The van der Waals surface area contributed by atoms with Crippen molar-refractivity contribution in [3.8, 4) is 44.5 Å². The van der Waals surface area contributed by atoms with Gasteiger partial charge in [-0.2, -0.15) is 0 Å². The third kappa shape index (κ3) is 6.00. The normalized spacial score (nSPS) is 12.7. The van der Waals surface area contributed by atoms with Crippen molar-refractivity contribution in [2.45, 2.75) is 0 Å². The van der Waals surface area contributed by atoms with Crippen LogP contribution < -0.4 is 26.2 Å². The predicted octanol–water partition coefficient (Wildman–Crippen LogP) is 16.2. The number of nitrogens with zero attached hydrogens (tertiary/aromatic N) is 2. The molecule has 11 aromatic carbocycles. The second-order valence-electron chi connectivity index (χ2n) is 18.7. The monoisotopic (exact) mass is 904 g/mol. The summed E-state index contributed by atoms with van der Waals surface area (Å²) in [6, 6.07) is 90.2. The SMILES string of the molecule is c1ccc(-c2cccc(-c3ccccc3)c2N2c3ccc(-c4cccc5c4oc4ccccc45)cc3B3c4cc(-c5cccc6c5oc5ccccc56)ccc4N(c4ccccc4)c4cccc2c43)cc1. The fourth-order valence-corrected chi connectivity index (χ4v) is 11.8. The van der Waals surface area contributed by atoms with Gasteiger partial charge in [0.15, 0.2) is 0 Å². The van der Waals surface area contributed by atoms with E-state index in [0.717, 1.165) is 123 Å². The fourth-order valence-electron chi connectivity index (χ4n) is 11.8. The van der Waals surface area contributed by atoms with Crippen molar-refractivity contribution >= 4 is 101 Å². The van der Waals surface area contributed by atoms with E-state index >= 15 is 0 Å². The van der Waals surface area contributed by atoms with Gasteiger partial charge in [0.25, 0.3) is 6.71 Å². The third-order valence-electron chi connectivity index (χ3n) is 14.9. The van der Waals surface area contributed by atoms with Crippen molar-refractivity contribution in [3.05, 3.63) is 249 Å². The van der Waals surface area contributed by atoms with E-state index in [0.29, 0.717) is 0 Å². The first-order chi connectivity index (χ1) is 35.2.